The van der Waals surface area contributed by atoms with E-state index in [0.29, 0.717) is 51.2 Å². The van der Waals surface area contributed by atoms with Gasteiger partial charge >= 0.3 is 0 Å². The number of halogens is 1. The Morgan fingerprint density at radius 3 is 2.26 bits per heavy atom. The molecule has 3 unspecified atom stereocenters. The number of carbonyl (C=O) groups is 5. The van der Waals surface area contributed by atoms with Crippen molar-refractivity contribution < 1.29 is 28.7 Å². The van der Waals surface area contributed by atoms with Crippen LogP contribution in [0.5, 0.6) is 5.75 Å². The Balaban J connectivity index is 0.718. The molecule has 2 N–H and O–H groups in total. The highest BCUT2D eigenvalue weighted by atomic mass is 35.5. The number of rotatable bonds is 8. The van der Waals surface area contributed by atoms with Crippen LogP contribution in [0, 0.1) is 18.4 Å². The lowest BCUT2D eigenvalue weighted by molar-refractivity contribution is -0.136. The fraction of sp³-hybridized carbons (Fsp3) is 0.476. The van der Waals surface area contributed by atoms with Gasteiger partial charge in [-0.25, -0.2) is 14.8 Å². The van der Waals surface area contributed by atoms with Crippen molar-refractivity contribution in [2.75, 3.05) is 49.1 Å². The zero-order chi connectivity index (χ0) is 40.1. The molecule has 6 aliphatic rings. The minimum absolute atomic E-state index is 0.0244. The fourth-order valence-corrected chi connectivity index (χ4v) is 9.90. The van der Waals surface area contributed by atoms with E-state index in [1.165, 1.54) is 0 Å². The minimum Gasteiger partial charge on any atom is -0.490 e. The van der Waals surface area contributed by atoms with Crippen molar-refractivity contribution in [1.82, 2.24) is 30.4 Å². The van der Waals surface area contributed by atoms with Gasteiger partial charge in [0.2, 0.25) is 17.5 Å². The van der Waals surface area contributed by atoms with E-state index in [0.717, 1.165) is 94.2 Å². The Bertz CT molecular complexity index is 2180. The van der Waals surface area contributed by atoms with Crippen molar-refractivity contribution in [2.24, 2.45) is 11.8 Å². The number of hydrogen-bond donors (Lipinski definition) is 2. The summed E-state index contributed by atoms with van der Waals surface area (Å²) in [6.07, 6.45) is 8.70. The zero-order valence-corrected chi connectivity index (χ0v) is 32.7. The van der Waals surface area contributed by atoms with Gasteiger partial charge in [-0.3, -0.25) is 39.1 Å². The monoisotopic (exact) mass is 805 g/mol. The number of amides is 5. The number of fused-ring (bicyclic) bond motifs is 2. The van der Waals surface area contributed by atoms with Crippen LogP contribution in [0.3, 0.4) is 0 Å². The molecule has 300 valence electrons. The van der Waals surface area contributed by atoms with E-state index in [-0.39, 0.29) is 30.9 Å². The molecule has 3 atom stereocenters. The molecule has 58 heavy (non-hydrogen) atoms. The average molecular weight is 806 g/mol. The number of piperidine rings is 2. The van der Waals surface area contributed by atoms with E-state index in [4.69, 9.17) is 22.9 Å². The molecule has 0 bridgehead atoms. The summed E-state index contributed by atoms with van der Waals surface area (Å²) in [5.74, 6) is 0.312. The molecule has 1 saturated carbocycles. The van der Waals surface area contributed by atoms with E-state index >= 15 is 0 Å². The molecule has 3 aromatic rings. The zero-order valence-electron chi connectivity index (χ0n) is 31.9. The van der Waals surface area contributed by atoms with Gasteiger partial charge in [-0.05, 0) is 87.1 Å². The van der Waals surface area contributed by atoms with Crippen LogP contribution in [0.15, 0.2) is 48.8 Å². The maximum absolute atomic E-state index is 13.4. The van der Waals surface area contributed by atoms with Crippen LogP contribution >= 0.6 is 11.6 Å². The van der Waals surface area contributed by atoms with Crippen LogP contribution in [0.25, 0.3) is 4.85 Å². The number of nitrogens with one attached hydrogen (secondary N) is 2. The lowest BCUT2D eigenvalue weighted by Crippen LogP contribution is -2.54. The molecular formula is C42H44ClN9O6. The van der Waals surface area contributed by atoms with E-state index in [1.807, 2.05) is 6.07 Å². The van der Waals surface area contributed by atoms with Crippen LogP contribution in [0.2, 0.25) is 5.02 Å². The Morgan fingerprint density at radius 1 is 0.845 bits per heavy atom. The van der Waals surface area contributed by atoms with Crippen molar-refractivity contribution in [3.63, 3.8) is 0 Å². The highest BCUT2D eigenvalue weighted by molar-refractivity contribution is 6.33. The first-order chi connectivity index (χ1) is 28.1. The smallest absolute Gasteiger partial charge is 0.271 e. The first-order valence-corrected chi connectivity index (χ1v) is 20.6. The van der Waals surface area contributed by atoms with Crippen LogP contribution in [0.4, 0.5) is 17.2 Å². The molecule has 6 heterocycles. The number of nitrogens with zero attached hydrogens (tertiary/aromatic N) is 7. The quantitative estimate of drug-likeness (QED) is 0.248. The number of likely N-dealkylation sites (tertiary alicyclic amines) is 1. The second-order valence-electron chi connectivity index (χ2n) is 16.3. The largest absolute Gasteiger partial charge is 0.490 e. The van der Waals surface area contributed by atoms with Gasteiger partial charge in [-0.15, -0.1) is 0 Å². The third-order valence-electron chi connectivity index (χ3n) is 12.8. The average Bonchev–Trinajstić information content (AvgIpc) is 3.89. The van der Waals surface area contributed by atoms with Crippen molar-refractivity contribution >= 4 is 58.3 Å². The SMILES string of the molecule is [C-]#[N+]c1ccc(OC2CCC(NC(=O)c3cnc(N4CC5CN(C6CCN(c7ccc8c(c7)C(=O)N(C7CCC(=O)NC7=O)C8=O)CC6)CC5C4)cn3)CC2)cc1Cl. The molecule has 2 aromatic carbocycles. The molecule has 1 aromatic heterocycles. The molecular weight excluding hydrogens is 762 g/mol. The third-order valence-corrected chi connectivity index (χ3v) is 13.1. The summed E-state index contributed by atoms with van der Waals surface area (Å²) in [6.45, 7) is 12.7. The van der Waals surface area contributed by atoms with Crippen LogP contribution < -0.4 is 25.2 Å². The van der Waals surface area contributed by atoms with Crippen molar-refractivity contribution in [3.05, 3.63) is 82.1 Å². The summed E-state index contributed by atoms with van der Waals surface area (Å²) >= 11 is 6.16. The number of anilines is 2. The molecule has 9 rings (SSSR count). The van der Waals surface area contributed by atoms with E-state index in [2.05, 4.69) is 40.1 Å². The van der Waals surface area contributed by atoms with Crippen LogP contribution in [-0.2, 0) is 9.59 Å². The minimum atomic E-state index is -0.975. The maximum atomic E-state index is 13.4. The standard InChI is InChI=1S/C42H44ClN9O6/c1-44-34-9-7-30(17-33(34)43)58-29-5-2-26(3-6-29)47-39(54)35-18-46-37(19-45-35)51-22-24-20-50(21-25(24)23-51)27-12-14-49(15-13-27)28-4-8-31-32(16-28)42(57)52(41(31)56)36-10-11-38(53)48-40(36)55/h4,7-9,16-19,24-27,29,36H,2-3,5-6,10-15,20-23H2,(H,47,54)(H,48,53,55). The van der Waals surface area contributed by atoms with E-state index in [9.17, 15) is 24.0 Å². The van der Waals surface area contributed by atoms with Gasteiger partial charge in [0.25, 0.3) is 17.7 Å². The second-order valence-corrected chi connectivity index (χ2v) is 16.7. The molecule has 5 amide bonds. The summed E-state index contributed by atoms with van der Waals surface area (Å²) < 4.78 is 6.09. The molecule has 16 heteroatoms. The van der Waals surface area contributed by atoms with Gasteiger partial charge in [-0.2, -0.15) is 0 Å². The van der Waals surface area contributed by atoms with Gasteiger partial charge in [0, 0.05) is 63.5 Å². The Hall–Kier alpha value is -5.59. The normalized spacial score (nSPS) is 26.3. The predicted molar refractivity (Wildman–Crippen MR) is 213 cm³/mol. The lowest BCUT2D eigenvalue weighted by Gasteiger charge is -2.38. The number of imide groups is 2. The predicted octanol–water partition coefficient (Wildman–Crippen LogP) is 4.24. The summed E-state index contributed by atoms with van der Waals surface area (Å²) in [4.78, 5) is 84.4. The number of aromatic nitrogens is 2. The first-order valence-electron chi connectivity index (χ1n) is 20.2. The van der Waals surface area contributed by atoms with Gasteiger partial charge < -0.3 is 19.9 Å². The van der Waals surface area contributed by atoms with Gasteiger partial charge in [0.1, 0.15) is 23.3 Å². The number of benzene rings is 2. The summed E-state index contributed by atoms with van der Waals surface area (Å²) in [5.41, 5.74) is 2.21. The Morgan fingerprint density at radius 2 is 1.59 bits per heavy atom. The summed E-state index contributed by atoms with van der Waals surface area (Å²) in [6, 6.07) is 9.99. The highest BCUT2D eigenvalue weighted by Crippen LogP contribution is 2.37. The Kier molecular flexibility index (Phi) is 10.2. The van der Waals surface area contributed by atoms with Crippen molar-refractivity contribution in [2.45, 2.75) is 75.6 Å². The topological polar surface area (TPSA) is 162 Å². The molecule has 1 aliphatic carbocycles. The molecule has 15 nitrogen and oxygen atoms in total. The Labute approximate surface area is 340 Å². The summed E-state index contributed by atoms with van der Waals surface area (Å²) in [5, 5.41) is 5.75. The van der Waals surface area contributed by atoms with Crippen molar-refractivity contribution in [1.29, 1.82) is 0 Å². The van der Waals surface area contributed by atoms with Gasteiger partial charge in [0.15, 0.2) is 0 Å². The molecule has 5 fully saturated rings. The van der Waals surface area contributed by atoms with Crippen LogP contribution in [0.1, 0.15) is 82.6 Å². The molecule has 4 saturated heterocycles. The lowest BCUT2D eigenvalue weighted by atomic mass is 9.93. The molecule has 5 aliphatic heterocycles. The highest BCUT2D eigenvalue weighted by Gasteiger charge is 2.46. The molecule has 0 spiro atoms. The van der Waals surface area contributed by atoms with E-state index in [1.54, 1.807) is 42.7 Å². The van der Waals surface area contributed by atoms with Crippen LogP contribution in [-0.4, -0.2) is 113 Å². The number of ether oxygens (including phenoxy) is 1. The first kappa shape index (κ1) is 38.0. The van der Waals surface area contributed by atoms with Gasteiger partial charge in [-0.1, -0.05) is 17.7 Å². The molecule has 0 radical (unpaired) electrons. The fourth-order valence-electron chi connectivity index (χ4n) is 9.69. The van der Waals surface area contributed by atoms with E-state index < -0.39 is 29.7 Å². The second kappa shape index (κ2) is 15.6. The number of hydrogen-bond acceptors (Lipinski definition) is 11. The van der Waals surface area contributed by atoms with Crippen molar-refractivity contribution in [3.8, 4) is 5.75 Å². The van der Waals surface area contributed by atoms with Gasteiger partial charge in [0.05, 0.1) is 41.2 Å². The summed E-state index contributed by atoms with van der Waals surface area (Å²) in [7, 11) is 0. The number of carbonyl (C=O) groups excluding carboxylic acids is 5. The maximum Gasteiger partial charge on any atom is 0.271 e. The third kappa shape index (κ3) is 7.35.